The second kappa shape index (κ2) is 7.12. The van der Waals surface area contributed by atoms with Gasteiger partial charge in [0.05, 0.1) is 23.3 Å². The summed E-state index contributed by atoms with van der Waals surface area (Å²) in [4.78, 5) is 14.6. The van der Waals surface area contributed by atoms with Gasteiger partial charge in [0, 0.05) is 27.9 Å². The summed E-state index contributed by atoms with van der Waals surface area (Å²) >= 11 is 7.97. The van der Waals surface area contributed by atoms with Crippen molar-refractivity contribution in [3.05, 3.63) is 93.3 Å². The number of hydrogen-bond acceptors (Lipinski definition) is 4. The Balaban J connectivity index is 1.64. The summed E-state index contributed by atoms with van der Waals surface area (Å²) < 4.78 is 0. The number of anilines is 2. The third kappa shape index (κ3) is 3.13. The zero-order valence-corrected chi connectivity index (χ0v) is 16.6. The molecule has 3 aromatic rings. The molecule has 0 saturated carbocycles. The van der Waals surface area contributed by atoms with Gasteiger partial charge in [0.1, 0.15) is 5.78 Å². The number of para-hydroxylation sites is 2. The molecule has 1 aliphatic heterocycles. The monoisotopic (exact) mass is 406 g/mol. The van der Waals surface area contributed by atoms with Crippen molar-refractivity contribution in [2.75, 3.05) is 10.6 Å². The molecule has 0 radical (unpaired) electrons. The molecule has 2 N–H and O–H groups in total. The molecule has 5 heteroatoms. The van der Waals surface area contributed by atoms with Gasteiger partial charge in [-0.1, -0.05) is 48.0 Å². The van der Waals surface area contributed by atoms with Crippen LogP contribution in [-0.2, 0) is 4.79 Å². The Kier molecular flexibility index (Phi) is 4.46. The van der Waals surface area contributed by atoms with Gasteiger partial charge in [-0.2, -0.15) is 0 Å². The van der Waals surface area contributed by atoms with Crippen molar-refractivity contribution >= 4 is 40.1 Å². The predicted molar refractivity (Wildman–Crippen MR) is 116 cm³/mol. The summed E-state index contributed by atoms with van der Waals surface area (Å²) in [6.07, 6.45) is 2.75. The fourth-order valence-electron chi connectivity index (χ4n) is 4.17. The van der Waals surface area contributed by atoms with Gasteiger partial charge < -0.3 is 10.6 Å². The van der Waals surface area contributed by atoms with E-state index in [1.54, 1.807) is 11.3 Å². The molecule has 3 unspecified atom stereocenters. The van der Waals surface area contributed by atoms with Crippen LogP contribution >= 0.6 is 22.9 Å². The first kappa shape index (κ1) is 17.5. The summed E-state index contributed by atoms with van der Waals surface area (Å²) in [5.74, 6) is 0.0901. The largest absolute Gasteiger partial charge is 0.375 e. The van der Waals surface area contributed by atoms with E-state index in [1.165, 1.54) is 4.88 Å². The van der Waals surface area contributed by atoms with Crippen molar-refractivity contribution in [1.82, 2.24) is 0 Å². The number of Topliss-reactive ketones (excluding diaryl/α,β-unsaturated/α-hetero) is 1. The predicted octanol–water partition coefficient (Wildman–Crippen LogP) is 6.24. The lowest BCUT2D eigenvalue weighted by Crippen LogP contribution is -2.33. The molecule has 0 saturated heterocycles. The van der Waals surface area contributed by atoms with Gasteiger partial charge in [-0.3, -0.25) is 4.79 Å². The van der Waals surface area contributed by atoms with Crippen LogP contribution in [0.3, 0.4) is 0 Å². The number of hydrogen-bond donors (Lipinski definition) is 2. The quantitative estimate of drug-likeness (QED) is 0.529. The van der Waals surface area contributed by atoms with Crippen LogP contribution < -0.4 is 10.6 Å². The van der Waals surface area contributed by atoms with Crippen molar-refractivity contribution in [3.63, 3.8) is 0 Å². The van der Waals surface area contributed by atoms with Gasteiger partial charge in [-0.05, 0) is 41.3 Å². The van der Waals surface area contributed by atoms with Crippen LogP contribution in [0, 0.1) is 5.92 Å². The van der Waals surface area contributed by atoms with E-state index in [0.717, 1.165) is 22.6 Å². The third-order valence-corrected chi connectivity index (χ3v) is 6.69. The number of thiophene rings is 1. The lowest BCUT2D eigenvalue weighted by atomic mass is 9.78. The molecular weight excluding hydrogens is 388 g/mol. The molecule has 2 heterocycles. The number of benzene rings is 2. The van der Waals surface area contributed by atoms with Crippen LogP contribution in [-0.4, -0.2) is 5.78 Å². The van der Waals surface area contributed by atoms with Crippen LogP contribution in [0.1, 0.15) is 28.8 Å². The fraction of sp³-hybridized carbons (Fsp3) is 0.174. The van der Waals surface area contributed by atoms with Gasteiger partial charge in [-0.25, -0.2) is 0 Å². The van der Waals surface area contributed by atoms with E-state index in [0.29, 0.717) is 11.4 Å². The zero-order valence-electron chi connectivity index (χ0n) is 15.1. The molecule has 1 aliphatic carbocycles. The molecule has 2 aliphatic rings. The Labute approximate surface area is 173 Å². The number of nitrogens with one attached hydrogen (secondary N) is 2. The Bertz CT molecular complexity index is 1060. The van der Waals surface area contributed by atoms with Gasteiger partial charge in [0.25, 0.3) is 0 Å². The fourth-order valence-corrected chi connectivity index (χ4v) is 5.16. The summed E-state index contributed by atoms with van der Waals surface area (Å²) in [7, 11) is 0. The van der Waals surface area contributed by atoms with Gasteiger partial charge in [0.15, 0.2) is 0 Å². The first-order valence-electron chi connectivity index (χ1n) is 9.35. The summed E-state index contributed by atoms with van der Waals surface area (Å²) in [5, 5.41) is 9.89. The van der Waals surface area contributed by atoms with Crippen LogP contribution in [0.15, 0.2) is 77.8 Å². The maximum absolute atomic E-state index is 13.4. The maximum Gasteiger partial charge on any atom is 0.145 e. The number of carbonyl (C=O) groups excluding carboxylic acids is 1. The first-order valence-corrected chi connectivity index (χ1v) is 10.6. The highest BCUT2D eigenvalue weighted by molar-refractivity contribution is 7.10. The Morgan fingerprint density at radius 1 is 1.00 bits per heavy atom. The second-order valence-electron chi connectivity index (χ2n) is 7.24. The highest BCUT2D eigenvalue weighted by Gasteiger charge is 2.39. The van der Waals surface area contributed by atoms with Gasteiger partial charge in [0.2, 0.25) is 0 Å². The molecule has 3 atom stereocenters. The van der Waals surface area contributed by atoms with E-state index < -0.39 is 0 Å². The molecule has 140 valence electrons. The first-order chi connectivity index (χ1) is 13.7. The molecular formula is C23H19ClN2OS. The smallest absolute Gasteiger partial charge is 0.145 e. The minimum absolute atomic E-state index is 0.122. The van der Waals surface area contributed by atoms with E-state index >= 15 is 0 Å². The second-order valence-corrected chi connectivity index (χ2v) is 8.66. The SMILES string of the molecule is O=C1CC(c2cccs2)C=C2Nc3ccccc3NC(c3cccc(Cl)c3)C12. The highest BCUT2D eigenvalue weighted by atomic mass is 35.5. The number of carbonyl (C=O) groups is 1. The highest BCUT2D eigenvalue weighted by Crippen LogP contribution is 2.45. The van der Waals surface area contributed by atoms with Crippen LogP contribution in [0.4, 0.5) is 11.4 Å². The lowest BCUT2D eigenvalue weighted by Gasteiger charge is -2.32. The summed E-state index contributed by atoms with van der Waals surface area (Å²) in [5.41, 5.74) is 3.97. The zero-order chi connectivity index (χ0) is 19.1. The molecule has 0 fully saturated rings. The number of rotatable bonds is 2. The van der Waals surface area contributed by atoms with Gasteiger partial charge >= 0.3 is 0 Å². The minimum Gasteiger partial charge on any atom is -0.375 e. The topological polar surface area (TPSA) is 41.1 Å². The van der Waals surface area contributed by atoms with E-state index in [4.69, 9.17) is 11.6 Å². The van der Waals surface area contributed by atoms with E-state index in [9.17, 15) is 4.79 Å². The normalized spacial score (nSPS) is 23.5. The Morgan fingerprint density at radius 3 is 2.64 bits per heavy atom. The summed E-state index contributed by atoms with van der Waals surface area (Å²) in [6, 6.07) is 19.9. The van der Waals surface area contributed by atoms with Crippen LogP contribution in [0.25, 0.3) is 0 Å². The van der Waals surface area contributed by atoms with Crippen molar-refractivity contribution in [1.29, 1.82) is 0 Å². The molecule has 1 aromatic heterocycles. The standard InChI is InChI=1S/C23H19ClN2OS/c24-16-6-3-5-14(11-16)23-22-19(25-17-7-1-2-8-18(17)26-23)12-15(13-20(22)27)21-9-4-10-28-21/h1-12,15,22-23,25-26H,13H2. The molecule has 28 heavy (non-hydrogen) atoms. The van der Waals surface area contributed by atoms with Crippen molar-refractivity contribution in [3.8, 4) is 0 Å². The molecule has 0 bridgehead atoms. The van der Waals surface area contributed by atoms with Crippen molar-refractivity contribution in [2.24, 2.45) is 5.92 Å². The number of halogens is 1. The minimum atomic E-state index is -0.276. The molecule has 3 nitrogen and oxygen atoms in total. The van der Waals surface area contributed by atoms with Crippen LogP contribution in [0.2, 0.25) is 5.02 Å². The molecule has 2 aromatic carbocycles. The molecule has 0 spiro atoms. The van der Waals surface area contributed by atoms with Crippen molar-refractivity contribution < 1.29 is 4.79 Å². The Morgan fingerprint density at radius 2 is 1.86 bits per heavy atom. The van der Waals surface area contributed by atoms with Crippen molar-refractivity contribution in [2.45, 2.75) is 18.4 Å². The number of allylic oxidation sites excluding steroid dienone is 1. The van der Waals surface area contributed by atoms with E-state index in [1.807, 2.05) is 54.6 Å². The van der Waals surface area contributed by atoms with E-state index in [2.05, 4.69) is 28.2 Å². The molecule has 0 amide bonds. The Hall–Kier alpha value is -2.56. The lowest BCUT2D eigenvalue weighted by molar-refractivity contribution is -0.122. The average Bonchev–Trinajstić information content (AvgIpc) is 3.17. The van der Waals surface area contributed by atoms with Crippen LogP contribution in [0.5, 0.6) is 0 Å². The van der Waals surface area contributed by atoms with Gasteiger partial charge in [-0.15, -0.1) is 11.3 Å². The number of fused-ring (bicyclic) bond motifs is 2. The third-order valence-electron chi connectivity index (χ3n) is 5.45. The number of ketones is 1. The maximum atomic E-state index is 13.4. The molecule has 5 rings (SSSR count). The summed E-state index contributed by atoms with van der Waals surface area (Å²) in [6.45, 7) is 0. The van der Waals surface area contributed by atoms with E-state index in [-0.39, 0.29) is 23.7 Å². The average molecular weight is 407 g/mol.